The molecule has 0 amide bonds. The second kappa shape index (κ2) is 6.41. The van der Waals surface area contributed by atoms with Crippen LogP contribution in [0.2, 0.25) is 0 Å². The molecule has 0 N–H and O–H groups in total. The van der Waals surface area contributed by atoms with Crippen molar-refractivity contribution < 1.29 is 18.7 Å². The fourth-order valence-corrected chi connectivity index (χ4v) is 2.59. The summed E-state index contributed by atoms with van der Waals surface area (Å²) in [6, 6.07) is 2.92. The van der Waals surface area contributed by atoms with Crippen molar-refractivity contribution in [2.24, 2.45) is 0 Å². The first-order valence-electron chi connectivity index (χ1n) is 7.33. The van der Waals surface area contributed by atoms with E-state index in [1.807, 2.05) is 0 Å². The quantitative estimate of drug-likeness (QED) is 0.801. The van der Waals surface area contributed by atoms with Crippen LogP contribution in [0.3, 0.4) is 0 Å². The van der Waals surface area contributed by atoms with Crippen LogP contribution in [0.25, 0.3) is 5.52 Å². The molecule has 0 spiro atoms. The Labute approximate surface area is 127 Å². The summed E-state index contributed by atoms with van der Waals surface area (Å²) in [6.07, 6.45) is 1.63. The molecule has 22 heavy (non-hydrogen) atoms. The van der Waals surface area contributed by atoms with E-state index in [9.17, 15) is 9.18 Å². The van der Waals surface area contributed by atoms with E-state index in [1.165, 1.54) is 10.5 Å². The lowest BCUT2D eigenvalue weighted by atomic mass is 10.3. The fraction of sp³-hybridized carbons (Fsp3) is 0.467. The van der Waals surface area contributed by atoms with Gasteiger partial charge < -0.3 is 9.47 Å². The third-order valence-electron chi connectivity index (χ3n) is 3.62. The van der Waals surface area contributed by atoms with Crippen molar-refractivity contribution >= 4 is 11.5 Å². The van der Waals surface area contributed by atoms with Crippen molar-refractivity contribution in [3.63, 3.8) is 0 Å². The number of fused-ring (bicyclic) bond motifs is 1. The van der Waals surface area contributed by atoms with Gasteiger partial charge in [0, 0.05) is 25.8 Å². The van der Waals surface area contributed by atoms with Crippen molar-refractivity contribution in [3.8, 4) is 0 Å². The summed E-state index contributed by atoms with van der Waals surface area (Å²) in [7, 11) is 0. The number of hydrogen-bond acceptors (Lipinski definition) is 5. The zero-order valence-corrected chi connectivity index (χ0v) is 12.4. The summed E-state index contributed by atoms with van der Waals surface area (Å²) in [5.41, 5.74) is 0.875. The molecule has 1 saturated heterocycles. The van der Waals surface area contributed by atoms with Crippen molar-refractivity contribution in [1.82, 2.24) is 14.3 Å². The lowest BCUT2D eigenvalue weighted by molar-refractivity contribution is 0.0337. The average Bonchev–Trinajstić information content (AvgIpc) is 2.89. The zero-order chi connectivity index (χ0) is 15.5. The fourth-order valence-electron chi connectivity index (χ4n) is 2.59. The standard InChI is InChI=1S/C15H18FN3O3/c1-2-22-15(20)14-17-12(10-18-6-8-21-9-7-18)13-11(16)4-3-5-19(13)14/h3-5H,2,6-10H2,1H3. The normalized spacial score (nSPS) is 16.1. The van der Waals surface area contributed by atoms with E-state index in [1.54, 1.807) is 19.2 Å². The number of aromatic nitrogens is 2. The Morgan fingerprint density at radius 2 is 2.23 bits per heavy atom. The molecule has 118 valence electrons. The van der Waals surface area contributed by atoms with Crippen molar-refractivity contribution in [2.75, 3.05) is 32.9 Å². The molecule has 0 bridgehead atoms. The molecule has 2 aromatic rings. The second-order valence-corrected chi connectivity index (χ2v) is 5.07. The van der Waals surface area contributed by atoms with E-state index in [4.69, 9.17) is 9.47 Å². The van der Waals surface area contributed by atoms with Crippen molar-refractivity contribution in [3.05, 3.63) is 35.7 Å². The van der Waals surface area contributed by atoms with Gasteiger partial charge in [0.1, 0.15) is 11.3 Å². The molecule has 1 aliphatic rings. The Balaban J connectivity index is 1.99. The van der Waals surface area contributed by atoms with Crippen LogP contribution in [0.5, 0.6) is 0 Å². The molecular formula is C15H18FN3O3. The van der Waals surface area contributed by atoms with Crippen LogP contribution in [0.15, 0.2) is 18.3 Å². The van der Waals surface area contributed by atoms with Crippen LogP contribution in [0, 0.1) is 5.82 Å². The number of hydrogen-bond donors (Lipinski definition) is 0. The van der Waals surface area contributed by atoms with Crippen LogP contribution in [-0.4, -0.2) is 53.2 Å². The number of ether oxygens (including phenoxy) is 2. The van der Waals surface area contributed by atoms with Crippen LogP contribution in [0.4, 0.5) is 4.39 Å². The van der Waals surface area contributed by atoms with E-state index in [0.29, 0.717) is 31.0 Å². The van der Waals surface area contributed by atoms with Gasteiger partial charge in [-0.05, 0) is 19.1 Å². The van der Waals surface area contributed by atoms with E-state index < -0.39 is 11.8 Å². The smallest absolute Gasteiger partial charge is 0.374 e. The highest BCUT2D eigenvalue weighted by atomic mass is 19.1. The van der Waals surface area contributed by atoms with E-state index in [2.05, 4.69) is 9.88 Å². The molecular weight excluding hydrogens is 289 g/mol. The average molecular weight is 307 g/mol. The molecule has 7 heteroatoms. The number of morpholine rings is 1. The molecule has 3 rings (SSSR count). The molecule has 0 aromatic carbocycles. The number of halogens is 1. The Hall–Kier alpha value is -1.99. The number of imidazole rings is 1. The number of carbonyl (C=O) groups is 1. The van der Waals surface area contributed by atoms with Crippen molar-refractivity contribution in [1.29, 1.82) is 0 Å². The summed E-state index contributed by atoms with van der Waals surface area (Å²) < 4.78 is 26.0. The summed E-state index contributed by atoms with van der Waals surface area (Å²) in [4.78, 5) is 18.5. The Morgan fingerprint density at radius 3 is 2.95 bits per heavy atom. The number of carbonyl (C=O) groups excluding carboxylic acids is 1. The SMILES string of the molecule is CCOC(=O)c1nc(CN2CCOCC2)c2c(F)cccn12. The molecule has 0 radical (unpaired) electrons. The molecule has 0 atom stereocenters. The van der Waals surface area contributed by atoms with E-state index in [0.717, 1.165) is 13.1 Å². The molecule has 6 nitrogen and oxygen atoms in total. The predicted molar refractivity (Wildman–Crippen MR) is 77.2 cm³/mol. The van der Waals surface area contributed by atoms with Gasteiger partial charge in [-0.25, -0.2) is 14.2 Å². The van der Waals surface area contributed by atoms with Gasteiger partial charge in [0.15, 0.2) is 0 Å². The summed E-state index contributed by atoms with van der Waals surface area (Å²) in [5.74, 6) is -0.829. The van der Waals surface area contributed by atoms with E-state index >= 15 is 0 Å². The van der Waals surface area contributed by atoms with Gasteiger partial charge in [-0.1, -0.05) is 0 Å². The number of rotatable bonds is 4. The topological polar surface area (TPSA) is 56.1 Å². The highest BCUT2D eigenvalue weighted by Crippen LogP contribution is 2.19. The second-order valence-electron chi connectivity index (χ2n) is 5.07. The molecule has 0 unspecified atom stereocenters. The van der Waals surface area contributed by atoms with E-state index in [-0.39, 0.29) is 12.4 Å². The largest absolute Gasteiger partial charge is 0.460 e. The summed E-state index contributed by atoms with van der Waals surface area (Å²) in [6.45, 7) is 5.29. The minimum atomic E-state index is -0.545. The van der Waals surface area contributed by atoms with Crippen LogP contribution in [-0.2, 0) is 16.0 Å². The van der Waals surface area contributed by atoms with Gasteiger partial charge in [0.25, 0.3) is 0 Å². The Kier molecular flexibility index (Phi) is 4.35. The number of esters is 1. The van der Waals surface area contributed by atoms with Gasteiger partial charge >= 0.3 is 5.97 Å². The van der Waals surface area contributed by atoms with Gasteiger partial charge in [0.05, 0.1) is 25.5 Å². The van der Waals surface area contributed by atoms with Gasteiger partial charge in [0.2, 0.25) is 5.82 Å². The number of nitrogens with zero attached hydrogens (tertiary/aromatic N) is 3. The molecule has 1 aliphatic heterocycles. The summed E-state index contributed by atoms with van der Waals surface area (Å²) >= 11 is 0. The van der Waals surface area contributed by atoms with Gasteiger partial charge in [-0.3, -0.25) is 9.30 Å². The van der Waals surface area contributed by atoms with Crippen molar-refractivity contribution in [2.45, 2.75) is 13.5 Å². The maximum absolute atomic E-state index is 14.2. The maximum Gasteiger partial charge on any atom is 0.374 e. The first-order chi connectivity index (χ1) is 10.7. The first kappa shape index (κ1) is 14.9. The minimum Gasteiger partial charge on any atom is -0.460 e. The molecule has 0 saturated carbocycles. The van der Waals surface area contributed by atoms with Crippen LogP contribution >= 0.6 is 0 Å². The van der Waals surface area contributed by atoms with Gasteiger partial charge in [-0.15, -0.1) is 0 Å². The van der Waals surface area contributed by atoms with Crippen LogP contribution in [0.1, 0.15) is 23.2 Å². The third kappa shape index (κ3) is 2.82. The third-order valence-corrected chi connectivity index (χ3v) is 3.62. The molecule has 3 heterocycles. The maximum atomic E-state index is 14.2. The zero-order valence-electron chi connectivity index (χ0n) is 12.4. The lowest BCUT2D eigenvalue weighted by Gasteiger charge is -2.25. The Morgan fingerprint density at radius 1 is 1.45 bits per heavy atom. The monoisotopic (exact) mass is 307 g/mol. The van der Waals surface area contributed by atoms with Crippen LogP contribution < -0.4 is 0 Å². The lowest BCUT2D eigenvalue weighted by Crippen LogP contribution is -2.35. The summed E-state index contributed by atoms with van der Waals surface area (Å²) in [5, 5.41) is 0. The highest BCUT2D eigenvalue weighted by molar-refractivity contribution is 5.87. The van der Waals surface area contributed by atoms with Gasteiger partial charge in [-0.2, -0.15) is 0 Å². The Bertz CT molecular complexity index is 680. The first-order valence-corrected chi connectivity index (χ1v) is 7.33. The highest BCUT2D eigenvalue weighted by Gasteiger charge is 2.22. The minimum absolute atomic E-state index is 0.111. The molecule has 1 fully saturated rings. The molecule has 2 aromatic heterocycles. The number of pyridine rings is 1. The molecule has 0 aliphatic carbocycles. The predicted octanol–water partition coefficient (Wildman–Crippen LogP) is 1.48.